The topological polar surface area (TPSA) is 58.2 Å². The third-order valence-corrected chi connectivity index (χ3v) is 2.11. The molecule has 2 amide bonds. The molecule has 0 bridgehead atoms. The van der Waals surface area contributed by atoms with Crippen LogP contribution in [0, 0.1) is 5.92 Å². The fraction of sp³-hybridized carbons (Fsp3) is 0.833. The molecular formula is C12H24N2O2. The van der Waals surface area contributed by atoms with Gasteiger partial charge in [0.2, 0.25) is 11.8 Å². The summed E-state index contributed by atoms with van der Waals surface area (Å²) in [7, 11) is 0. The van der Waals surface area contributed by atoms with Crippen molar-refractivity contribution in [1.29, 1.82) is 0 Å². The van der Waals surface area contributed by atoms with Crippen LogP contribution in [0.15, 0.2) is 0 Å². The molecule has 0 aliphatic rings. The van der Waals surface area contributed by atoms with E-state index in [9.17, 15) is 9.59 Å². The summed E-state index contributed by atoms with van der Waals surface area (Å²) in [6.45, 7) is 9.70. The Kier molecular flexibility index (Phi) is 6.08. The lowest BCUT2D eigenvalue weighted by atomic mass is 10.1. The minimum Gasteiger partial charge on any atom is -0.350 e. The first-order chi connectivity index (χ1) is 7.26. The molecule has 0 fully saturated rings. The first kappa shape index (κ1) is 14.9. The van der Waals surface area contributed by atoms with E-state index in [2.05, 4.69) is 10.6 Å². The molecule has 4 nitrogen and oxygen atoms in total. The van der Waals surface area contributed by atoms with Crippen molar-refractivity contribution in [3.63, 3.8) is 0 Å². The van der Waals surface area contributed by atoms with Gasteiger partial charge in [-0.1, -0.05) is 20.3 Å². The molecule has 0 aliphatic carbocycles. The van der Waals surface area contributed by atoms with Gasteiger partial charge in [0.25, 0.3) is 0 Å². The molecule has 0 heterocycles. The number of hydrogen-bond acceptors (Lipinski definition) is 2. The van der Waals surface area contributed by atoms with Crippen LogP contribution in [0.4, 0.5) is 0 Å². The van der Waals surface area contributed by atoms with E-state index >= 15 is 0 Å². The second kappa shape index (κ2) is 6.51. The molecule has 0 aromatic heterocycles. The summed E-state index contributed by atoms with van der Waals surface area (Å²) in [5.74, 6) is -0.220. The van der Waals surface area contributed by atoms with Crippen molar-refractivity contribution in [2.75, 3.05) is 6.54 Å². The summed E-state index contributed by atoms with van der Waals surface area (Å²) in [6.07, 6.45) is 1.83. The Balaban J connectivity index is 3.88. The molecule has 0 saturated heterocycles. The summed E-state index contributed by atoms with van der Waals surface area (Å²) in [4.78, 5) is 22.9. The molecule has 1 atom stereocenters. The third-order valence-electron chi connectivity index (χ3n) is 2.11. The standard InChI is InChI=1S/C12H24N2O2/c1-6-7-9(2)11(16)13-8-10(15)14-12(3,4)5/h9H,6-8H2,1-5H3,(H,13,16)(H,14,15). The van der Waals surface area contributed by atoms with Crippen LogP contribution in [-0.2, 0) is 9.59 Å². The highest BCUT2D eigenvalue weighted by Crippen LogP contribution is 2.04. The molecule has 2 N–H and O–H groups in total. The van der Waals surface area contributed by atoms with Gasteiger partial charge in [0.15, 0.2) is 0 Å². The number of hydrogen-bond donors (Lipinski definition) is 2. The smallest absolute Gasteiger partial charge is 0.239 e. The van der Waals surface area contributed by atoms with Crippen molar-refractivity contribution < 1.29 is 9.59 Å². The fourth-order valence-corrected chi connectivity index (χ4v) is 1.37. The molecule has 0 aromatic rings. The van der Waals surface area contributed by atoms with Gasteiger partial charge in [0.05, 0.1) is 6.54 Å². The zero-order valence-electron chi connectivity index (χ0n) is 11.0. The minimum atomic E-state index is -0.253. The maximum absolute atomic E-state index is 11.5. The number of rotatable bonds is 5. The van der Waals surface area contributed by atoms with E-state index in [0.717, 1.165) is 12.8 Å². The lowest BCUT2D eigenvalue weighted by Crippen LogP contribution is -2.46. The van der Waals surface area contributed by atoms with E-state index in [4.69, 9.17) is 0 Å². The molecule has 1 unspecified atom stereocenters. The Hall–Kier alpha value is -1.06. The predicted molar refractivity (Wildman–Crippen MR) is 65.0 cm³/mol. The van der Waals surface area contributed by atoms with Crippen molar-refractivity contribution in [3.05, 3.63) is 0 Å². The molecule has 0 radical (unpaired) electrons. The molecule has 0 aromatic carbocycles. The van der Waals surface area contributed by atoms with Crippen molar-refractivity contribution in [2.45, 2.75) is 53.0 Å². The van der Waals surface area contributed by atoms with Gasteiger partial charge < -0.3 is 10.6 Å². The van der Waals surface area contributed by atoms with Crippen LogP contribution in [0.5, 0.6) is 0 Å². The summed E-state index contributed by atoms with van der Waals surface area (Å²) >= 11 is 0. The maximum atomic E-state index is 11.5. The highest BCUT2D eigenvalue weighted by Gasteiger charge is 2.16. The maximum Gasteiger partial charge on any atom is 0.239 e. The molecule has 16 heavy (non-hydrogen) atoms. The van der Waals surface area contributed by atoms with Crippen LogP contribution in [0.1, 0.15) is 47.5 Å². The van der Waals surface area contributed by atoms with E-state index in [1.54, 1.807) is 0 Å². The quantitative estimate of drug-likeness (QED) is 0.748. The van der Waals surface area contributed by atoms with Crippen LogP contribution in [0.25, 0.3) is 0 Å². The SMILES string of the molecule is CCCC(C)C(=O)NCC(=O)NC(C)(C)C. The summed E-state index contributed by atoms with van der Waals surface area (Å²) in [6, 6.07) is 0. The fourth-order valence-electron chi connectivity index (χ4n) is 1.37. The second-order valence-electron chi connectivity index (χ2n) is 5.21. The lowest BCUT2D eigenvalue weighted by molar-refractivity contribution is -0.128. The Morgan fingerprint density at radius 2 is 1.81 bits per heavy atom. The third kappa shape index (κ3) is 7.26. The summed E-state index contributed by atoms with van der Waals surface area (Å²) < 4.78 is 0. The zero-order chi connectivity index (χ0) is 12.8. The molecular weight excluding hydrogens is 204 g/mol. The molecule has 0 spiro atoms. The lowest BCUT2D eigenvalue weighted by Gasteiger charge is -2.21. The van der Waals surface area contributed by atoms with E-state index in [1.807, 2.05) is 34.6 Å². The van der Waals surface area contributed by atoms with Gasteiger partial charge in [-0.25, -0.2) is 0 Å². The van der Waals surface area contributed by atoms with Gasteiger partial charge in [-0.3, -0.25) is 9.59 Å². The van der Waals surface area contributed by atoms with E-state index in [0.29, 0.717) is 0 Å². The Morgan fingerprint density at radius 1 is 1.25 bits per heavy atom. The monoisotopic (exact) mass is 228 g/mol. The van der Waals surface area contributed by atoms with Gasteiger partial charge in [-0.05, 0) is 27.2 Å². The minimum absolute atomic E-state index is 0.0209. The molecule has 94 valence electrons. The van der Waals surface area contributed by atoms with Crippen LogP contribution >= 0.6 is 0 Å². The number of carbonyl (C=O) groups excluding carboxylic acids is 2. The summed E-state index contributed by atoms with van der Waals surface area (Å²) in [5.41, 5.74) is -0.253. The average Bonchev–Trinajstić information content (AvgIpc) is 2.11. The molecule has 0 rings (SSSR count). The van der Waals surface area contributed by atoms with Gasteiger partial charge in [0, 0.05) is 11.5 Å². The molecule has 4 heteroatoms. The highest BCUT2D eigenvalue weighted by atomic mass is 16.2. The van der Waals surface area contributed by atoms with Gasteiger partial charge in [0.1, 0.15) is 0 Å². The van der Waals surface area contributed by atoms with E-state index in [-0.39, 0.29) is 29.8 Å². The predicted octanol–water partition coefficient (Wildman–Crippen LogP) is 1.45. The van der Waals surface area contributed by atoms with Crippen molar-refractivity contribution in [2.24, 2.45) is 5.92 Å². The first-order valence-electron chi connectivity index (χ1n) is 5.85. The second-order valence-corrected chi connectivity index (χ2v) is 5.21. The Bertz CT molecular complexity index is 244. The van der Waals surface area contributed by atoms with E-state index < -0.39 is 0 Å². The normalized spacial score (nSPS) is 13.1. The van der Waals surface area contributed by atoms with Crippen LogP contribution in [-0.4, -0.2) is 23.9 Å². The number of carbonyl (C=O) groups is 2. The number of amides is 2. The van der Waals surface area contributed by atoms with Crippen LogP contribution in [0.2, 0.25) is 0 Å². The van der Waals surface area contributed by atoms with Gasteiger partial charge in [-0.2, -0.15) is 0 Å². The van der Waals surface area contributed by atoms with Crippen molar-refractivity contribution >= 4 is 11.8 Å². The van der Waals surface area contributed by atoms with Crippen molar-refractivity contribution in [1.82, 2.24) is 10.6 Å². The summed E-state index contributed by atoms with van der Waals surface area (Å²) in [5, 5.41) is 5.43. The largest absolute Gasteiger partial charge is 0.350 e. The van der Waals surface area contributed by atoms with E-state index in [1.165, 1.54) is 0 Å². The van der Waals surface area contributed by atoms with Crippen LogP contribution in [0.3, 0.4) is 0 Å². The Morgan fingerprint density at radius 3 is 2.25 bits per heavy atom. The highest BCUT2D eigenvalue weighted by molar-refractivity contribution is 5.85. The molecule has 0 saturated carbocycles. The van der Waals surface area contributed by atoms with Gasteiger partial charge >= 0.3 is 0 Å². The average molecular weight is 228 g/mol. The zero-order valence-corrected chi connectivity index (χ0v) is 11.0. The van der Waals surface area contributed by atoms with Crippen molar-refractivity contribution in [3.8, 4) is 0 Å². The van der Waals surface area contributed by atoms with Gasteiger partial charge in [-0.15, -0.1) is 0 Å². The number of nitrogens with one attached hydrogen (secondary N) is 2. The molecule has 0 aliphatic heterocycles. The first-order valence-corrected chi connectivity index (χ1v) is 5.85. The van der Waals surface area contributed by atoms with Crippen LogP contribution < -0.4 is 10.6 Å². The Labute approximate surface area is 98.2 Å².